The Kier molecular flexibility index (Phi) is 4.21. The van der Waals surface area contributed by atoms with Gasteiger partial charge in [-0.2, -0.15) is 5.10 Å². The molecule has 0 aromatic carbocycles. The smallest absolute Gasteiger partial charge is 0.225 e. The highest BCUT2D eigenvalue weighted by molar-refractivity contribution is 5.89. The molecule has 1 N–H and O–H groups in total. The largest absolute Gasteiger partial charge is 0.352 e. The Hall–Kier alpha value is -2.70. The quantitative estimate of drug-likeness (QED) is 0.856. The Morgan fingerprint density at radius 1 is 1.32 bits per heavy atom. The van der Waals surface area contributed by atoms with E-state index in [9.17, 15) is 9.59 Å². The van der Waals surface area contributed by atoms with Crippen LogP contribution in [0.2, 0.25) is 0 Å². The molecule has 2 aliphatic rings. The summed E-state index contributed by atoms with van der Waals surface area (Å²) in [7, 11) is 0. The third kappa shape index (κ3) is 3.70. The lowest BCUT2D eigenvalue weighted by Gasteiger charge is -2.16. The number of hydrogen-bond donors (Lipinski definition) is 1. The van der Waals surface area contributed by atoms with E-state index >= 15 is 0 Å². The first-order valence-electron chi connectivity index (χ1n) is 8.69. The maximum Gasteiger partial charge on any atom is 0.225 e. The van der Waals surface area contributed by atoms with E-state index in [1.807, 2.05) is 29.3 Å². The lowest BCUT2D eigenvalue weighted by atomic mass is 10.1. The van der Waals surface area contributed by atoms with Gasteiger partial charge in [0.05, 0.1) is 5.92 Å². The van der Waals surface area contributed by atoms with Gasteiger partial charge < -0.3 is 10.2 Å². The Balaban J connectivity index is 1.33. The number of nitrogens with one attached hydrogen (secondary N) is 1. The van der Waals surface area contributed by atoms with Crippen molar-refractivity contribution in [3.63, 3.8) is 0 Å². The number of carbonyl (C=O) groups excluding carboxylic acids is 2. The second-order valence-electron chi connectivity index (χ2n) is 6.83. The van der Waals surface area contributed by atoms with Gasteiger partial charge in [0, 0.05) is 44.6 Å². The van der Waals surface area contributed by atoms with E-state index in [0.29, 0.717) is 31.2 Å². The minimum Gasteiger partial charge on any atom is -0.352 e. The molecule has 130 valence electrons. The fourth-order valence-electron chi connectivity index (χ4n) is 3.17. The van der Waals surface area contributed by atoms with Gasteiger partial charge in [-0.1, -0.05) is 0 Å². The molecule has 1 aliphatic carbocycles. The van der Waals surface area contributed by atoms with Crippen LogP contribution in [0.5, 0.6) is 0 Å². The van der Waals surface area contributed by atoms with E-state index in [1.54, 1.807) is 17.1 Å². The van der Waals surface area contributed by atoms with Gasteiger partial charge in [0.2, 0.25) is 11.8 Å². The molecule has 0 bridgehead atoms. The molecule has 2 amide bonds. The Morgan fingerprint density at radius 2 is 2.20 bits per heavy atom. The summed E-state index contributed by atoms with van der Waals surface area (Å²) in [5.74, 6) is 1.19. The van der Waals surface area contributed by atoms with Crippen LogP contribution in [0.3, 0.4) is 0 Å². The number of carbonyl (C=O) groups is 2. The second-order valence-corrected chi connectivity index (χ2v) is 6.83. The maximum absolute atomic E-state index is 12.4. The number of aromatic nitrogens is 3. The lowest BCUT2D eigenvalue weighted by molar-refractivity contribution is -0.129. The summed E-state index contributed by atoms with van der Waals surface area (Å²) in [6.45, 7) is 1.79. The molecule has 7 nitrogen and oxygen atoms in total. The van der Waals surface area contributed by atoms with Gasteiger partial charge in [0.25, 0.3) is 0 Å². The average molecular weight is 339 g/mol. The summed E-state index contributed by atoms with van der Waals surface area (Å²) < 4.78 is 1.68. The molecule has 1 saturated carbocycles. The summed E-state index contributed by atoms with van der Waals surface area (Å²) >= 11 is 0. The molecular weight excluding hydrogens is 318 g/mol. The van der Waals surface area contributed by atoms with Crippen LogP contribution in [0, 0.1) is 11.8 Å². The SMILES string of the molecule is O=C(NCc1ccnc(-n2cccn2)c1)[C@H]1CC(=O)N(CC2CC2)C1. The fraction of sp³-hybridized carbons (Fsp3) is 0.444. The second kappa shape index (κ2) is 6.66. The number of hydrogen-bond acceptors (Lipinski definition) is 4. The van der Waals surface area contributed by atoms with E-state index in [1.165, 1.54) is 12.8 Å². The van der Waals surface area contributed by atoms with Crippen LogP contribution in [0.25, 0.3) is 5.82 Å². The zero-order valence-corrected chi connectivity index (χ0v) is 14.0. The highest BCUT2D eigenvalue weighted by Crippen LogP contribution is 2.32. The lowest BCUT2D eigenvalue weighted by Crippen LogP contribution is -2.33. The van der Waals surface area contributed by atoms with Gasteiger partial charge in [-0.25, -0.2) is 9.67 Å². The predicted octanol–water partition coefficient (Wildman–Crippen LogP) is 1.14. The zero-order chi connectivity index (χ0) is 17.2. The zero-order valence-electron chi connectivity index (χ0n) is 14.0. The molecule has 25 heavy (non-hydrogen) atoms. The van der Waals surface area contributed by atoms with Crippen molar-refractivity contribution in [3.05, 3.63) is 42.4 Å². The number of rotatable bonds is 6. The minimum absolute atomic E-state index is 0.0518. The molecular formula is C18H21N5O2. The molecule has 0 unspecified atom stereocenters. The summed E-state index contributed by atoms with van der Waals surface area (Å²) in [5.41, 5.74) is 0.952. The summed E-state index contributed by atoms with van der Waals surface area (Å²) in [6.07, 6.45) is 7.97. The van der Waals surface area contributed by atoms with Crippen LogP contribution in [-0.2, 0) is 16.1 Å². The first-order valence-corrected chi connectivity index (χ1v) is 8.69. The molecule has 2 aromatic rings. The van der Waals surface area contributed by atoms with Gasteiger partial charge >= 0.3 is 0 Å². The molecule has 4 rings (SSSR count). The number of likely N-dealkylation sites (tertiary alicyclic amines) is 1. The van der Waals surface area contributed by atoms with Gasteiger partial charge in [0.15, 0.2) is 5.82 Å². The predicted molar refractivity (Wildman–Crippen MR) is 90.6 cm³/mol. The van der Waals surface area contributed by atoms with Crippen molar-refractivity contribution < 1.29 is 9.59 Å². The third-order valence-corrected chi connectivity index (χ3v) is 4.78. The topological polar surface area (TPSA) is 80.1 Å². The van der Waals surface area contributed by atoms with Gasteiger partial charge in [0.1, 0.15) is 0 Å². The van der Waals surface area contributed by atoms with Crippen LogP contribution in [-0.4, -0.2) is 44.6 Å². The summed E-state index contributed by atoms with van der Waals surface area (Å²) in [6, 6.07) is 5.60. The molecule has 0 radical (unpaired) electrons. The van der Waals surface area contributed by atoms with E-state index in [2.05, 4.69) is 15.4 Å². The molecule has 0 spiro atoms. The highest BCUT2D eigenvalue weighted by Gasteiger charge is 2.36. The van der Waals surface area contributed by atoms with Crippen molar-refractivity contribution in [1.82, 2.24) is 25.0 Å². The van der Waals surface area contributed by atoms with Gasteiger partial charge in [-0.3, -0.25) is 9.59 Å². The Morgan fingerprint density at radius 3 is 2.96 bits per heavy atom. The molecule has 7 heteroatoms. The molecule has 1 saturated heterocycles. The summed E-state index contributed by atoms with van der Waals surface area (Å²) in [4.78, 5) is 30.6. The van der Waals surface area contributed by atoms with Crippen molar-refractivity contribution in [1.29, 1.82) is 0 Å². The number of pyridine rings is 1. The maximum atomic E-state index is 12.4. The van der Waals surface area contributed by atoms with Crippen LogP contribution in [0.4, 0.5) is 0 Å². The third-order valence-electron chi connectivity index (χ3n) is 4.78. The van der Waals surface area contributed by atoms with Crippen molar-refractivity contribution >= 4 is 11.8 Å². The molecule has 2 aromatic heterocycles. The minimum atomic E-state index is -0.237. The highest BCUT2D eigenvalue weighted by atomic mass is 16.2. The first-order chi connectivity index (χ1) is 12.2. The first kappa shape index (κ1) is 15.8. The standard InChI is InChI=1S/C18H21N5O2/c24-17-9-15(12-22(17)11-13-2-3-13)18(25)20-10-14-4-6-19-16(8-14)23-7-1-5-21-23/h1,4-8,13,15H,2-3,9-12H2,(H,20,25)/t15-/m0/s1. The molecule has 1 atom stereocenters. The van der Waals surface area contributed by atoms with Crippen LogP contribution in [0.1, 0.15) is 24.8 Å². The monoisotopic (exact) mass is 339 g/mol. The molecule has 2 fully saturated rings. The average Bonchev–Trinajstić information content (AvgIpc) is 3.12. The van der Waals surface area contributed by atoms with Crippen molar-refractivity contribution in [2.75, 3.05) is 13.1 Å². The van der Waals surface area contributed by atoms with Crippen LogP contribution in [0.15, 0.2) is 36.8 Å². The van der Waals surface area contributed by atoms with E-state index in [-0.39, 0.29) is 17.7 Å². The van der Waals surface area contributed by atoms with Gasteiger partial charge in [-0.05, 0) is 42.5 Å². The van der Waals surface area contributed by atoms with E-state index in [0.717, 1.165) is 12.1 Å². The molecule has 1 aliphatic heterocycles. The summed E-state index contributed by atoms with van der Waals surface area (Å²) in [5, 5.41) is 7.10. The number of nitrogens with zero attached hydrogens (tertiary/aromatic N) is 4. The number of amides is 2. The van der Waals surface area contributed by atoms with Crippen molar-refractivity contribution in [3.8, 4) is 5.82 Å². The van der Waals surface area contributed by atoms with Crippen LogP contribution < -0.4 is 5.32 Å². The van der Waals surface area contributed by atoms with Crippen LogP contribution >= 0.6 is 0 Å². The Bertz CT molecular complexity index is 770. The van der Waals surface area contributed by atoms with Crippen molar-refractivity contribution in [2.45, 2.75) is 25.8 Å². The fourth-order valence-corrected chi connectivity index (χ4v) is 3.17. The van der Waals surface area contributed by atoms with E-state index < -0.39 is 0 Å². The van der Waals surface area contributed by atoms with E-state index in [4.69, 9.17) is 0 Å². The normalized spacial score (nSPS) is 20.1. The van der Waals surface area contributed by atoms with Gasteiger partial charge in [-0.15, -0.1) is 0 Å². The van der Waals surface area contributed by atoms with Crippen molar-refractivity contribution in [2.24, 2.45) is 11.8 Å². The Labute approximate surface area is 146 Å². The molecule has 3 heterocycles.